The van der Waals surface area contributed by atoms with Gasteiger partial charge in [0.05, 0.1) is 13.2 Å². The minimum atomic E-state index is -1.12. The Balaban J connectivity index is 1.50. The van der Waals surface area contributed by atoms with E-state index in [2.05, 4.69) is 19.9 Å². The highest BCUT2D eigenvalue weighted by Gasteiger charge is 2.65. The number of carbonyl (C=O) groups is 1. The maximum absolute atomic E-state index is 13.5. The molecule has 0 aromatic heterocycles. The number of hydrogen-bond donors (Lipinski definition) is 0. The summed E-state index contributed by atoms with van der Waals surface area (Å²) in [5.74, 6) is -0.633. The Morgan fingerprint density at radius 3 is 2.92 bits per heavy atom. The van der Waals surface area contributed by atoms with Crippen LogP contribution in [0.2, 0.25) is 0 Å². The third-order valence-electron chi connectivity index (χ3n) is 6.89. The molecule has 2 aliphatic heterocycles. The van der Waals surface area contributed by atoms with Crippen molar-refractivity contribution in [3.63, 3.8) is 0 Å². The summed E-state index contributed by atoms with van der Waals surface area (Å²) in [4.78, 5) is 13.5. The van der Waals surface area contributed by atoms with Crippen molar-refractivity contribution in [2.75, 3.05) is 26.9 Å². The van der Waals surface area contributed by atoms with E-state index in [1.807, 2.05) is 0 Å². The molecule has 2 heterocycles. The molecule has 0 N–H and O–H groups in total. The molecular weight excluding hydrogens is 332 g/mol. The first-order valence-electron chi connectivity index (χ1n) is 10.1. The molecule has 0 aromatic carbocycles. The van der Waals surface area contributed by atoms with E-state index in [-0.39, 0.29) is 29.3 Å². The molecule has 0 aromatic rings. The fourth-order valence-electron chi connectivity index (χ4n) is 5.88. The van der Waals surface area contributed by atoms with Gasteiger partial charge in [0.15, 0.2) is 12.1 Å². The Hall–Kier alpha value is -0.750. The molecule has 3 fully saturated rings. The molecule has 0 spiro atoms. The van der Waals surface area contributed by atoms with Gasteiger partial charge in [-0.3, -0.25) is 4.79 Å². The number of allylic oxidation sites excluding steroid dienone is 1. The molecule has 5 aliphatic rings. The predicted molar refractivity (Wildman–Crippen MR) is 96.4 cm³/mol. The summed E-state index contributed by atoms with van der Waals surface area (Å²) in [7, 11) is 1.62. The second-order valence-corrected chi connectivity index (χ2v) is 8.87. The van der Waals surface area contributed by atoms with Gasteiger partial charge in [-0.15, -0.1) is 0 Å². The van der Waals surface area contributed by atoms with Gasteiger partial charge in [0.25, 0.3) is 0 Å². The van der Waals surface area contributed by atoms with Crippen LogP contribution < -0.4 is 0 Å². The quantitative estimate of drug-likeness (QED) is 0.699. The number of rotatable bonds is 5. The van der Waals surface area contributed by atoms with Crippen molar-refractivity contribution < 1.29 is 23.7 Å². The fourth-order valence-corrected chi connectivity index (χ4v) is 5.88. The SMILES string of the molecule is CO[C@@]12OC[C@]3(C)C[C@@H](C=C(C)[C@@H]31)CC(CCOC1CCCCO1)C2=O. The summed E-state index contributed by atoms with van der Waals surface area (Å²) in [6.45, 7) is 6.31. The normalized spacial score (nSPS) is 45.3. The molecule has 5 rings (SSSR count). The van der Waals surface area contributed by atoms with E-state index in [9.17, 15) is 4.79 Å². The summed E-state index contributed by atoms with van der Waals surface area (Å²) in [5.41, 5.74) is 1.24. The maximum Gasteiger partial charge on any atom is 0.236 e. The zero-order valence-electron chi connectivity index (χ0n) is 16.3. The second-order valence-electron chi connectivity index (χ2n) is 8.87. The number of methoxy groups -OCH3 is 1. The molecule has 5 nitrogen and oxygen atoms in total. The maximum atomic E-state index is 13.5. The zero-order valence-corrected chi connectivity index (χ0v) is 16.3. The highest BCUT2D eigenvalue weighted by molar-refractivity contribution is 5.90. The van der Waals surface area contributed by atoms with Gasteiger partial charge in [0.1, 0.15) is 0 Å². The first-order chi connectivity index (χ1) is 12.5. The third-order valence-corrected chi connectivity index (χ3v) is 6.89. The van der Waals surface area contributed by atoms with Gasteiger partial charge in [-0.2, -0.15) is 0 Å². The molecule has 26 heavy (non-hydrogen) atoms. The number of hydrogen-bond acceptors (Lipinski definition) is 5. The van der Waals surface area contributed by atoms with Crippen LogP contribution in [0.4, 0.5) is 0 Å². The van der Waals surface area contributed by atoms with E-state index < -0.39 is 5.79 Å². The minimum Gasteiger partial charge on any atom is -0.353 e. The van der Waals surface area contributed by atoms with E-state index in [1.165, 1.54) is 5.57 Å². The zero-order chi connectivity index (χ0) is 18.4. The highest BCUT2D eigenvalue weighted by atomic mass is 16.7. The average molecular weight is 364 g/mol. The average Bonchev–Trinajstić information content (AvgIpc) is 2.95. The number of carbonyl (C=O) groups excluding carboxylic acids is 1. The van der Waals surface area contributed by atoms with Crippen molar-refractivity contribution in [1.82, 2.24) is 0 Å². The summed E-state index contributed by atoms with van der Waals surface area (Å²) >= 11 is 0. The van der Waals surface area contributed by atoms with Crippen LogP contribution in [0.1, 0.15) is 52.4 Å². The molecule has 0 amide bonds. The molecular formula is C21H32O5. The van der Waals surface area contributed by atoms with Crippen LogP contribution >= 0.6 is 0 Å². The van der Waals surface area contributed by atoms with Gasteiger partial charge >= 0.3 is 0 Å². The van der Waals surface area contributed by atoms with Crippen LogP contribution in [0.15, 0.2) is 11.6 Å². The summed E-state index contributed by atoms with van der Waals surface area (Å²) < 4.78 is 23.5. The predicted octanol–water partition coefficient (Wildman–Crippen LogP) is 3.47. The van der Waals surface area contributed by atoms with E-state index in [1.54, 1.807) is 7.11 Å². The largest absolute Gasteiger partial charge is 0.353 e. The van der Waals surface area contributed by atoms with Crippen LogP contribution in [-0.4, -0.2) is 44.8 Å². The van der Waals surface area contributed by atoms with Crippen molar-refractivity contribution in [2.24, 2.45) is 23.2 Å². The van der Waals surface area contributed by atoms with Gasteiger partial charge < -0.3 is 18.9 Å². The monoisotopic (exact) mass is 364 g/mol. The molecule has 0 radical (unpaired) electrons. The number of ether oxygens (including phenoxy) is 4. The Kier molecular flexibility index (Phi) is 5.01. The van der Waals surface area contributed by atoms with Gasteiger partial charge in [0.2, 0.25) is 5.79 Å². The Bertz CT molecular complexity index is 581. The second kappa shape index (κ2) is 7.01. The molecule has 5 heteroatoms. The third kappa shape index (κ3) is 2.97. The molecule has 146 valence electrons. The van der Waals surface area contributed by atoms with Gasteiger partial charge in [0, 0.05) is 31.0 Å². The number of fused-ring (bicyclic) bond motifs is 2. The molecule has 6 atom stereocenters. The van der Waals surface area contributed by atoms with Crippen LogP contribution in [0.25, 0.3) is 0 Å². The van der Waals surface area contributed by atoms with Crippen LogP contribution in [-0.2, 0) is 23.7 Å². The highest BCUT2D eigenvalue weighted by Crippen LogP contribution is 2.58. The Morgan fingerprint density at radius 1 is 1.35 bits per heavy atom. The van der Waals surface area contributed by atoms with Crippen LogP contribution in [0.5, 0.6) is 0 Å². The van der Waals surface area contributed by atoms with E-state index >= 15 is 0 Å². The first-order valence-corrected chi connectivity index (χ1v) is 10.1. The van der Waals surface area contributed by atoms with E-state index in [4.69, 9.17) is 18.9 Å². The molecule has 4 bridgehead atoms. The lowest BCUT2D eigenvalue weighted by atomic mass is 9.58. The van der Waals surface area contributed by atoms with Crippen LogP contribution in [0, 0.1) is 23.2 Å². The minimum absolute atomic E-state index is 0.00736. The topological polar surface area (TPSA) is 54.0 Å². The lowest BCUT2D eigenvalue weighted by Crippen LogP contribution is -2.55. The van der Waals surface area contributed by atoms with Crippen molar-refractivity contribution in [3.05, 3.63) is 11.6 Å². The molecule has 2 unspecified atom stereocenters. The summed E-state index contributed by atoms with van der Waals surface area (Å²) in [5, 5.41) is 0. The number of ketones is 1. The molecule has 2 saturated heterocycles. The van der Waals surface area contributed by atoms with Crippen molar-refractivity contribution in [3.8, 4) is 0 Å². The lowest BCUT2D eigenvalue weighted by Gasteiger charge is -2.46. The first kappa shape index (κ1) is 18.6. The van der Waals surface area contributed by atoms with Gasteiger partial charge in [-0.05, 0) is 51.4 Å². The van der Waals surface area contributed by atoms with Crippen molar-refractivity contribution >= 4 is 5.78 Å². The summed E-state index contributed by atoms with van der Waals surface area (Å²) in [6, 6.07) is 0. The van der Waals surface area contributed by atoms with E-state index in [0.717, 1.165) is 38.7 Å². The van der Waals surface area contributed by atoms with Crippen molar-refractivity contribution in [2.45, 2.75) is 64.4 Å². The fraction of sp³-hybridized carbons (Fsp3) is 0.857. The van der Waals surface area contributed by atoms with Gasteiger partial charge in [-0.25, -0.2) is 0 Å². The van der Waals surface area contributed by atoms with Crippen molar-refractivity contribution in [1.29, 1.82) is 0 Å². The molecule has 1 saturated carbocycles. The number of Topliss-reactive ketones (excluding diaryl/α,β-unsaturated/α-hetero) is 1. The standard InChI is InChI=1S/C21H32O5/c1-14-10-15-11-16(7-9-25-17-6-4-5-8-24-17)19(22)21(23-3)18(14)20(2,12-15)13-26-21/h10,15-18H,4-9,11-13H2,1-3H3/t15-,16?,17?,18-,20-,21+/m0/s1. The smallest absolute Gasteiger partial charge is 0.236 e. The van der Waals surface area contributed by atoms with Crippen LogP contribution in [0.3, 0.4) is 0 Å². The van der Waals surface area contributed by atoms with Gasteiger partial charge in [-0.1, -0.05) is 18.6 Å². The lowest BCUT2D eigenvalue weighted by molar-refractivity contribution is -0.216. The Morgan fingerprint density at radius 2 is 2.19 bits per heavy atom. The summed E-state index contributed by atoms with van der Waals surface area (Å²) in [6.07, 6.45) is 8.11. The Labute approximate surface area is 156 Å². The molecule has 3 aliphatic carbocycles. The van der Waals surface area contributed by atoms with E-state index in [0.29, 0.717) is 25.6 Å².